The summed E-state index contributed by atoms with van der Waals surface area (Å²) in [4.78, 5) is 17.8. The summed E-state index contributed by atoms with van der Waals surface area (Å²) in [6, 6.07) is 14.2. The highest BCUT2D eigenvalue weighted by Gasteiger charge is 2.30. The van der Waals surface area contributed by atoms with Crippen LogP contribution in [0.4, 0.5) is 0 Å². The molecule has 3 aromatic heterocycles. The van der Waals surface area contributed by atoms with E-state index in [0.717, 1.165) is 49.7 Å². The van der Waals surface area contributed by atoms with E-state index in [-0.39, 0.29) is 11.8 Å². The number of nitrogens with zero attached hydrogens (tertiary/aromatic N) is 8. The minimum Gasteiger partial charge on any atom is -0.340 e. The molecule has 0 spiro atoms. The van der Waals surface area contributed by atoms with Crippen LogP contribution in [0.5, 0.6) is 0 Å². The molecular formula is C25H30N8O. The number of benzene rings is 1. The van der Waals surface area contributed by atoms with Crippen molar-refractivity contribution in [2.24, 2.45) is 0 Å². The van der Waals surface area contributed by atoms with Crippen LogP contribution in [-0.2, 0) is 11.3 Å². The second-order valence-electron chi connectivity index (χ2n) is 9.01. The Labute approximate surface area is 199 Å². The molecule has 9 nitrogen and oxygen atoms in total. The normalized spacial score (nSPS) is 15.7. The predicted octanol–water partition coefficient (Wildman–Crippen LogP) is 2.68. The highest BCUT2D eigenvalue weighted by atomic mass is 16.2. The van der Waals surface area contributed by atoms with E-state index in [1.807, 2.05) is 55.5 Å². The van der Waals surface area contributed by atoms with E-state index in [1.54, 1.807) is 4.52 Å². The molecule has 4 heterocycles. The Morgan fingerprint density at radius 1 is 0.941 bits per heavy atom. The molecule has 1 atom stereocenters. The van der Waals surface area contributed by atoms with Crippen molar-refractivity contribution in [3.63, 3.8) is 0 Å². The quantitative estimate of drug-likeness (QED) is 0.457. The number of fused-ring (bicyclic) bond motifs is 1. The van der Waals surface area contributed by atoms with Gasteiger partial charge in [0.15, 0.2) is 17.3 Å². The van der Waals surface area contributed by atoms with Crippen molar-refractivity contribution >= 4 is 11.6 Å². The molecular weight excluding hydrogens is 428 g/mol. The van der Waals surface area contributed by atoms with Gasteiger partial charge in [-0.3, -0.25) is 9.69 Å². The fourth-order valence-electron chi connectivity index (χ4n) is 4.87. The van der Waals surface area contributed by atoms with Crippen molar-refractivity contribution in [2.75, 3.05) is 26.2 Å². The van der Waals surface area contributed by atoms with Crippen LogP contribution in [0, 0.1) is 20.8 Å². The first kappa shape index (κ1) is 22.2. The molecule has 176 valence electrons. The van der Waals surface area contributed by atoms with Gasteiger partial charge < -0.3 is 4.90 Å². The van der Waals surface area contributed by atoms with Crippen LogP contribution in [0.3, 0.4) is 0 Å². The molecule has 1 amide bonds. The molecule has 4 aromatic rings. The van der Waals surface area contributed by atoms with Crippen molar-refractivity contribution in [1.82, 2.24) is 39.4 Å². The van der Waals surface area contributed by atoms with Gasteiger partial charge in [-0.1, -0.05) is 30.3 Å². The Morgan fingerprint density at radius 3 is 2.41 bits per heavy atom. The maximum absolute atomic E-state index is 13.4. The number of aromatic nitrogens is 6. The second kappa shape index (κ2) is 8.98. The Hall–Kier alpha value is -3.59. The number of aryl methyl sites for hydroxylation is 2. The van der Waals surface area contributed by atoms with Crippen LogP contribution < -0.4 is 0 Å². The van der Waals surface area contributed by atoms with E-state index in [1.165, 1.54) is 5.56 Å². The zero-order valence-electron chi connectivity index (χ0n) is 20.1. The van der Waals surface area contributed by atoms with Crippen molar-refractivity contribution < 1.29 is 4.79 Å². The Bertz CT molecular complexity index is 1320. The summed E-state index contributed by atoms with van der Waals surface area (Å²) in [6.45, 7) is 12.0. The summed E-state index contributed by atoms with van der Waals surface area (Å²) >= 11 is 0. The van der Waals surface area contributed by atoms with Gasteiger partial charge in [0.05, 0.1) is 11.6 Å². The first-order chi connectivity index (χ1) is 16.4. The Balaban J connectivity index is 1.30. The van der Waals surface area contributed by atoms with Crippen LogP contribution in [0.2, 0.25) is 0 Å². The molecule has 1 unspecified atom stereocenters. The average Bonchev–Trinajstić information content (AvgIpc) is 3.37. The number of carbonyl (C=O) groups excluding carboxylic acids is 1. The van der Waals surface area contributed by atoms with Crippen LogP contribution >= 0.6 is 0 Å². The van der Waals surface area contributed by atoms with Gasteiger partial charge in [-0.15, -0.1) is 15.3 Å². The lowest BCUT2D eigenvalue weighted by atomic mass is 9.97. The van der Waals surface area contributed by atoms with E-state index >= 15 is 0 Å². The molecule has 1 aliphatic rings. The SMILES string of the molecule is Cc1nn(-c2ccc3nnc(C)n3n2)c(C)c1C(C)C(=O)N1CCN(Cc2ccccc2)CC1. The minimum atomic E-state index is -0.269. The zero-order chi connectivity index (χ0) is 23.8. The summed E-state index contributed by atoms with van der Waals surface area (Å²) in [7, 11) is 0. The van der Waals surface area contributed by atoms with E-state index in [0.29, 0.717) is 17.3 Å². The third-order valence-electron chi connectivity index (χ3n) is 6.71. The van der Waals surface area contributed by atoms with Crippen LogP contribution in [0.25, 0.3) is 11.5 Å². The first-order valence-corrected chi connectivity index (χ1v) is 11.7. The summed E-state index contributed by atoms with van der Waals surface area (Å²) in [5, 5.41) is 17.6. The number of hydrogen-bond donors (Lipinski definition) is 0. The highest BCUT2D eigenvalue weighted by Crippen LogP contribution is 2.27. The van der Waals surface area contributed by atoms with Gasteiger partial charge >= 0.3 is 0 Å². The topological polar surface area (TPSA) is 84.4 Å². The second-order valence-corrected chi connectivity index (χ2v) is 9.01. The number of hydrogen-bond acceptors (Lipinski definition) is 6. The van der Waals surface area contributed by atoms with E-state index in [4.69, 9.17) is 5.10 Å². The van der Waals surface area contributed by atoms with Crippen LogP contribution in [0.15, 0.2) is 42.5 Å². The molecule has 1 saturated heterocycles. The van der Waals surface area contributed by atoms with Gasteiger partial charge in [-0.2, -0.15) is 9.61 Å². The van der Waals surface area contributed by atoms with E-state index in [9.17, 15) is 4.79 Å². The molecule has 0 radical (unpaired) electrons. The fraction of sp³-hybridized carbons (Fsp3) is 0.400. The molecule has 34 heavy (non-hydrogen) atoms. The number of piperazine rings is 1. The summed E-state index contributed by atoms with van der Waals surface area (Å²) in [5.74, 6) is 1.28. The lowest BCUT2D eigenvalue weighted by Gasteiger charge is -2.36. The maximum Gasteiger partial charge on any atom is 0.230 e. The van der Waals surface area contributed by atoms with Crippen molar-refractivity contribution in [1.29, 1.82) is 0 Å². The zero-order valence-corrected chi connectivity index (χ0v) is 20.1. The van der Waals surface area contributed by atoms with Gasteiger partial charge in [0.1, 0.15) is 0 Å². The van der Waals surface area contributed by atoms with Gasteiger partial charge in [0.25, 0.3) is 0 Å². The molecule has 0 N–H and O–H groups in total. The van der Waals surface area contributed by atoms with Crippen molar-refractivity contribution in [3.8, 4) is 5.82 Å². The number of amides is 1. The highest BCUT2D eigenvalue weighted by molar-refractivity contribution is 5.84. The Morgan fingerprint density at radius 2 is 1.68 bits per heavy atom. The van der Waals surface area contributed by atoms with Crippen LogP contribution in [-0.4, -0.2) is 71.5 Å². The molecule has 0 bridgehead atoms. The van der Waals surface area contributed by atoms with E-state index in [2.05, 4.69) is 44.5 Å². The number of rotatable bonds is 5. The molecule has 0 aliphatic carbocycles. The smallest absolute Gasteiger partial charge is 0.230 e. The maximum atomic E-state index is 13.4. The first-order valence-electron chi connectivity index (χ1n) is 11.7. The van der Waals surface area contributed by atoms with Crippen molar-refractivity contribution in [2.45, 2.75) is 40.2 Å². The fourth-order valence-corrected chi connectivity index (χ4v) is 4.87. The lowest BCUT2D eigenvalue weighted by Crippen LogP contribution is -2.49. The standard InChI is InChI=1S/C25H30N8O/c1-17(25(34)31-14-12-30(13-15-31)16-21-8-6-5-7-9-21)24-18(2)28-32(19(24)3)23-11-10-22-27-26-20(4)33(22)29-23/h5-11,17H,12-16H2,1-4H3. The summed E-state index contributed by atoms with van der Waals surface area (Å²) in [5.41, 5.74) is 4.75. The molecule has 0 saturated carbocycles. The molecule has 1 aliphatic heterocycles. The Kier molecular flexibility index (Phi) is 5.87. The van der Waals surface area contributed by atoms with Gasteiger partial charge in [0.2, 0.25) is 5.91 Å². The van der Waals surface area contributed by atoms with E-state index < -0.39 is 0 Å². The molecule has 5 rings (SSSR count). The number of carbonyl (C=O) groups is 1. The summed E-state index contributed by atoms with van der Waals surface area (Å²) in [6.07, 6.45) is 0. The predicted molar refractivity (Wildman–Crippen MR) is 129 cm³/mol. The summed E-state index contributed by atoms with van der Waals surface area (Å²) < 4.78 is 3.51. The molecule has 1 aromatic carbocycles. The average molecular weight is 459 g/mol. The van der Waals surface area contributed by atoms with Gasteiger partial charge in [0, 0.05) is 44.0 Å². The van der Waals surface area contributed by atoms with Gasteiger partial charge in [-0.25, -0.2) is 4.68 Å². The third kappa shape index (κ3) is 4.07. The minimum absolute atomic E-state index is 0.156. The monoisotopic (exact) mass is 458 g/mol. The van der Waals surface area contributed by atoms with Crippen molar-refractivity contribution in [3.05, 3.63) is 70.8 Å². The largest absolute Gasteiger partial charge is 0.340 e. The third-order valence-corrected chi connectivity index (χ3v) is 6.71. The van der Waals surface area contributed by atoms with Crippen LogP contribution in [0.1, 0.15) is 41.2 Å². The van der Waals surface area contributed by atoms with Gasteiger partial charge in [-0.05, 0) is 45.4 Å². The molecule has 1 fully saturated rings. The lowest BCUT2D eigenvalue weighted by molar-refractivity contribution is -0.134. The molecule has 9 heteroatoms.